The number of hydrogen-bond acceptors (Lipinski definition) is 1. The Balaban J connectivity index is 2.34. The molecule has 1 atom stereocenters. The Bertz CT molecular complexity index is 636. The van der Waals surface area contributed by atoms with Gasteiger partial charge in [-0.2, -0.15) is 0 Å². The van der Waals surface area contributed by atoms with Crippen LogP contribution < -0.4 is 5.32 Å². The van der Waals surface area contributed by atoms with Gasteiger partial charge in [0.15, 0.2) is 0 Å². The normalized spacial score (nSPS) is 17.4. The standard InChI is InChI=1S/C15H12FNO/c1-9-11-7-6-10(16)8-13(11)12-4-2-3-5-14(12)17-15(9)18/h2-9H,1H3,(H,17,18). The predicted molar refractivity (Wildman–Crippen MR) is 68.9 cm³/mol. The Kier molecular flexibility index (Phi) is 2.40. The van der Waals surface area contributed by atoms with E-state index in [1.54, 1.807) is 6.07 Å². The molecule has 1 aliphatic heterocycles. The summed E-state index contributed by atoms with van der Waals surface area (Å²) in [6.45, 7) is 1.83. The summed E-state index contributed by atoms with van der Waals surface area (Å²) in [5, 5.41) is 2.88. The van der Waals surface area contributed by atoms with Crippen LogP contribution in [0.5, 0.6) is 0 Å². The molecule has 3 rings (SSSR count). The van der Waals surface area contributed by atoms with Gasteiger partial charge in [0.2, 0.25) is 5.91 Å². The lowest BCUT2D eigenvalue weighted by Gasteiger charge is -2.11. The zero-order valence-corrected chi connectivity index (χ0v) is 9.91. The molecule has 1 amide bonds. The van der Waals surface area contributed by atoms with Gasteiger partial charge >= 0.3 is 0 Å². The van der Waals surface area contributed by atoms with Gasteiger partial charge < -0.3 is 5.32 Å². The molecule has 0 fully saturated rings. The molecular formula is C15H12FNO. The Hall–Kier alpha value is -2.16. The van der Waals surface area contributed by atoms with E-state index in [0.717, 1.165) is 22.4 Å². The van der Waals surface area contributed by atoms with Crippen molar-refractivity contribution < 1.29 is 9.18 Å². The topological polar surface area (TPSA) is 29.1 Å². The number of nitrogens with one attached hydrogen (secondary N) is 1. The Morgan fingerprint density at radius 2 is 1.89 bits per heavy atom. The maximum Gasteiger partial charge on any atom is 0.231 e. The second-order valence-corrected chi connectivity index (χ2v) is 4.49. The highest BCUT2D eigenvalue weighted by atomic mass is 19.1. The first-order chi connectivity index (χ1) is 8.66. The van der Waals surface area contributed by atoms with Crippen LogP contribution >= 0.6 is 0 Å². The lowest BCUT2D eigenvalue weighted by Crippen LogP contribution is -2.17. The van der Waals surface area contributed by atoms with Crippen LogP contribution in [0.25, 0.3) is 11.1 Å². The van der Waals surface area contributed by atoms with Crippen molar-refractivity contribution in [3.8, 4) is 11.1 Å². The van der Waals surface area contributed by atoms with Crippen LogP contribution in [0.4, 0.5) is 10.1 Å². The fourth-order valence-electron chi connectivity index (χ4n) is 2.35. The van der Waals surface area contributed by atoms with Crippen molar-refractivity contribution in [1.82, 2.24) is 0 Å². The zero-order valence-electron chi connectivity index (χ0n) is 9.91. The Labute approximate surface area is 104 Å². The van der Waals surface area contributed by atoms with E-state index in [1.165, 1.54) is 12.1 Å². The highest BCUT2D eigenvalue weighted by molar-refractivity contribution is 6.03. The number of para-hydroxylation sites is 1. The molecular weight excluding hydrogens is 229 g/mol. The number of amides is 1. The van der Waals surface area contributed by atoms with Gasteiger partial charge in [-0.25, -0.2) is 4.39 Å². The van der Waals surface area contributed by atoms with Crippen molar-refractivity contribution in [2.75, 3.05) is 5.32 Å². The maximum atomic E-state index is 13.4. The van der Waals surface area contributed by atoms with Crippen molar-refractivity contribution >= 4 is 11.6 Å². The minimum absolute atomic E-state index is 0.0622. The summed E-state index contributed by atoms with van der Waals surface area (Å²) in [7, 11) is 0. The van der Waals surface area contributed by atoms with Gasteiger partial charge in [0.05, 0.1) is 5.92 Å². The van der Waals surface area contributed by atoms with E-state index in [1.807, 2.05) is 31.2 Å². The van der Waals surface area contributed by atoms with Gasteiger partial charge in [-0.3, -0.25) is 4.79 Å². The summed E-state index contributed by atoms with van der Waals surface area (Å²) < 4.78 is 13.4. The van der Waals surface area contributed by atoms with E-state index >= 15 is 0 Å². The number of benzene rings is 2. The maximum absolute atomic E-state index is 13.4. The Morgan fingerprint density at radius 1 is 1.11 bits per heavy atom. The third kappa shape index (κ3) is 1.59. The zero-order chi connectivity index (χ0) is 12.7. The molecule has 2 nitrogen and oxygen atoms in total. The summed E-state index contributed by atoms with van der Waals surface area (Å²) in [5.41, 5.74) is 3.25. The summed E-state index contributed by atoms with van der Waals surface area (Å²) in [6, 6.07) is 12.0. The molecule has 0 bridgehead atoms. The lowest BCUT2D eigenvalue weighted by molar-refractivity contribution is -0.117. The van der Waals surface area contributed by atoms with Crippen LogP contribution in [-0.4, -0.2) is 5.91 Å². The minimum atomic E-state index is -0.287. The molecule has 0 aromatic heterocycles. The molecule has 2 aromatic rings. The highest BCUT2D eigenvalue weighted by Crippen LogP contribution is 2.38. The molecule has 1 aliphatic rings. The number of anilines is 1. The van der Waals surface area contributed by atoms with Crippen LogP contribution in [0.15, 0.2) is 42.5 Å². The van der Waals surface area contributed by atoms with Crippen molar-refractivity contribution in [2.45, 2.75) is 12.8 Å². The van der Waals surface area contributed by atoms with Crippen LogP contribution in [0, 0.1) is 5.82 Å². The van der Waals surface area contributed by atoms with Crippen LogP contribution in [0.1, 0.15) is 18.4 Å². The van der Waals surface area contributed by atoms with E-state index in [0.29, 0.717) is 0 Å². The monoisotopic (exact) mass is 241 g/mol. The summed E-state index contributed by atoms with van der Waals surface area (Å²) >= 11 is 0. The predicted octanol–water partition coefficient (Wildman–Crippen LogP) is 3.55. The van der Waals surface area contributed by atoms with Crippen LogP contribution in [-0.2, 0) is 4.79 Å². The first-order valence-corrected chi connectivity index (χ1v) is 5.86. The molecule has 0 radical (unpaired) electrons. The average Bonchev–Trinajstić information content (AvgIpc) is 2.47. The molecule has 1 heterocycles. The molecule has 0 spiro atoms. The largest absolute Gasteiger partial charge is 0.325 e. The minimum Gasteiger partial charge on any atom is -0.325 e. The third-order valence-electron chi connectivity index (χ3n) is 3.35. The smallest absolute Gasteiger partial charge is 0.231 e. The van der Waals surface area contributed by atoms with E-state index in [9.17, 15) is 9.18 Å². The van der Waals surface area contributed by atoms with Crippen molar-refractivity contribution in [1.29, 1.82) is 0 Å². The second kappa shape index (κ2) is 3.95. The van der Waals surface area contributed by atoms with Gasteiger partial charge in [-0.1, -0.05) is 24.3 Å². The first kappa shape index (κ1) is 11.0. The first-order valence-electron chi connectivity index (χ1n) is 5.86. The molecule has 1 N–H and O–H groups in total. The summed E-state index contributed by atoms with van der Waals surface area (Å²) in [4.78, 5) is 12.0. The van der Waals surface area contributed by atoms with Crippen molar-refractivity contribution in [3.05, 3.63) is 53.8 Å². The van der Waals surface area contributed by atoms with Gasteiger partial charge in [0.1, 0.15) is 5.82 Å². The fraction of sp³-hybridized carbons (Fsp3) is 0.133. The van der Waals surface area contributed by atoms with E-state index in [4.69, 9.17) is 0 Å². The van der Waals surface area contributed by atoms with Crippen molar-refractivity contribution in [2.24, 2.45) is 0 Å². The van der Waals surface area contributed by atoms with E-state index in [2.05, 4.69) is 5.32 Å². The average molecular weight is 241 g/mol. The number of fused-ring (bicyclic) bond motifs is 3. The van der Waals surface area contributed by atoms with Gasteiger partial charge in [0, 0.05) is 11.3 Å². The fourth-order valence-corrected chi connectivity index (χ4v) is 2.35. The highest BCUT2D eigenvalue weighted by Gasteiger charge is 2.25. The molecule has 0 aliphatic carbocycles. The van der Waals surface area contributed by atoms with Crippen LogP contribution in [0.2, 0.25) is 0 Å². The number of hydrogen-bond donors (Lipinski definition) is 1. The van der Waals surface area contributed by atoms with Gasteiger partial charge in [-0.15, -0.1) is 0 Å². The van der Waals surface area contributed by atoms with E-state index < -0.39 is 0 Å². The number of carbonyl (C=O) groups excluding carboxylic acids is 1. The van der Waals surface area contributed by atoms with Gasteiger partial charge in [0.25, 0.3) is 0 Å². The van der Waals surface area contributed by atoms with Crippen LogP contribution in [0.3, 0.4) is 0 Å². The summed E-state index contributed by atoms with van der Waals surface area (Å²) in [6.07, 6.45) is 0. The molecule has 18 heavy (non-hydrogen) atoms. The van der Waals surface area contributed by atoms with Gasteiger partial charge in [-0.05, 0) is 36.2 Å². The number of halogens is 1. The third-order valence-corrected chi connectivity index (χ3v) is 3.35. The molecule has 0 saturated heterocycles. The Morgan fingerprint density at radius 3 is 2.72 bits per heavy atom. The molecule has 3 heteroatoms. The van der Waals surface area contributed by atoms with E-state index in [-0.39, 0.29) is 17.6 Å². The SMILES string of the molecule is CC1C(=O)Nc2ccccc2-c2cc(F)ccc21. The number of rotatable bonds is 0. The quantitative estimate of drug-likeness (QED) is 0.750. The van der Waals surface area contributed by atoms with Crippen molar-refractivity contribution in [3.63, 3.8) is 0 Å². The number of carbonyl (C=O) groups is 1. The summed E-state index contributed by atoms with van der Waals surface area (Å²) in [5.74, 6) is -0.633. The molecule has 90 valence electrons. The molecule has 2 aromatic carbocycles. The second-order valence-electron chi connectivity index (χ2n) is 4.49. The molecule has 1 unspecified atom stereocenters. The lowest BCUT2D eigenvalue weighted by atomic mass is 9.92. The molecule has 0 saturated carbocycles.